The van der Waals surface area contributed by atoms with E-state index in [4.69, 9.17) is 4.42 Å². The average Bonchev–Trinajstić information content (AvgIpc) is 3.41. The van der Waals surface area contributed by atoms with E-state index in [-0.39, 0.29) is 12.5 Å². The largest absolute Gasteiger partial charge is 0.422 e. The van der Waals surface area contributed by atoms with Crippen molar-refractivity contribution in [3.8, 4) is 16.9 Å². The van der Waals surface area contributed by atoms with Crippen molar-refractivity contribution in [3.05, 3.63) is 100 Å². The number of amides is 1. The quantitative estimate of drug-likeness (QED) is 0.234. The molecular weight excluding hydrogens is 444 g/mol. The number of carbonyl (C=O) groups is 1. The highest BCUT2D eigenvalue weighted by atomic mass is 16.4. The molecule has 1 amide bonds. The van der Waals surface area contributed by atoms with Crippen molar-refractivity contribution >= 4 is 23.1 Å². The molecule has 0 aliphatic heterocycles. The molecule has 5 aromatic rings. The highest BCUT2D eigenvalue weighted by molar-refractivity contribution is 5.91. The lowest BCUT2D eigenvalue weighted by atomic mass is 10.1. The zero-order valence-electron chi connectivity index (χ0n) is 19.2. The van der Waals surface area contributed by atoms with Gasteiger partial charge in [0.05, 0.1) is 23.2 Å². The number of benzene rings is 2. The van der Waals surface area contributed by atoms with E-state index < -0.39 is 5.63 Å². The first-order valence-electron chi connectivity index (χ1n) is 11.0. The van der Waals surface area contributed by atoms with Crippen LogP contribution in [-0.4, -0.2) is 31.7 Å². The molecule has 174 valence electrons. The van der Waals surface area contributed by atoms with E-state index >= 15 is 0 Å². The first-order chi connectivity index (χ1) is 17.0. The van der Waals surface area contributed by atoms with Crippen LogP contribution in [0, 0.1) is 13.8 Å². The van der Waals surface area contributed by atoms with Crippen molar-refractivity contribution in [3.63, 3.8) is 0 Å². The van der Waals surface area contributed by atoms with Gasteiger partial charge in [-0.3, -0.25) is 9.48 Å². The van der Waals surface area contributed by atoms with Crippen molar-refractivity contribution in [2.45, 2.75) is 20.4 Å². The molecule has 0 atom stereocenters. The number of nitrogens with one attached hydrogen (secondary N) is 1. The second kappa shape index (κ2) is 9.22. The van der Waals surface area contributed by atoms with Gasteiger partial charge >= 0.3 is 5.63 Å². The minimum Gasteiger partial charge on any atom is -0.422 e. The van der Waals surface area contributed by atoms with Crippen LogP contribution in [0.15, 0.2) is 87.2 Å². The van der Waals surface area contributed by atoms with Crippen molar-refractivity contribution in [2.24, 2.45) is 5.10 Å². The van der Waals surface area contributed by atoms with Crippen LogP contribution < -0.4 is 11.1 Å². The van der Waals surface area contributed by atoms with Crippen LogP contribution in [0.5, 0.6) is 0 Å². The Morgan fingerprint density at radius 1 is 1.06 bits per heavy atom. The van der Waals surface area contributed by atoms with Gasteiger partial charge in [0.2, 0.25) is 0 Å². The molecule has 2 aromatic carbocycles. The van der Waals surface area contributed by atoms with Crippen molar-refractivity contribution < 1.29 is 9.21 Å². The zero-order valence-corrected chi connectivity index (χ0v) is 19.2. The molecule has 0 aliphatic rings. The summed E-state index contributed by atoms with van der Waals surface area (Å²) in [7, 11) is 0. The highest BCUT2D eigenvalue weighted by Crippen LogP contribution is 2.23. The third kappa shape index (κ3) is 4.65. The smallest absolute Gasteiger partial charge is 0.345 e. The predicted molar refractivity (Wildman–Crippen MR) is 132 cm³/mol. The monoisotopic (exact) mass is 466 g/mol. The third-order valence-electron chi connectivity index (χ3n) is 5.45. The van der Waals surface area contributed by atoms with Crippen molar-refractivity contribution in [1.29, 1.82) is 0 Å². The van der Waals surface area contributed by atoms with E-state index in [2.05, 4.69) is 20.7 Å². The van der Waals surface area contributed by atoms with Crippen LogP contribution in [0.4, 0.5) is 0 Å². The van der Waals surface area contributed by atoms with Gasteiger partial charge in [0.25, 0.3) is 5.91 Å². The molecule has 9 heteroatoms. The summed E-state index contributed by atoms with van der Waals surface area (Å²) in [4.78, 5) is 25.2. The molecule has 0 spiro atoms. The second-order valence-electron chi connectivity index (χ2n) is 8.08. The molecule has 35 heavy (non-hydrogen) atoms. The zero-order chi connectivity index (χ0) is 24.4. The van der Waals surface area contributed by atoms with Crippen LogP contribution >= 0.6 is 0 Å². The fourth-order valence-corrected chi connectivity index (χ4v) is 3.81. The minimum atomic E-state index is -0.509. The highest BCUT2D eigenvalue weighted by Gasteiger charge is 2.16. The maximum Gasteiger partial charge on any atom is 0.345 e. The summed E-state index contributed by atoms with van der Waals surface area (Å²) in [5.41, 5.74) is 6.28. The van der Waals surface area contributed by atoms with Gasteiger partial charge in [-0.1, -0.05) is 36.4 Å². The Morgan fingerprint density at radius 2 is 1.83 bits per heavy atom. The SMILES string of the molecule is Cc1cc(C)n(CC(=O)N/N=C\c2cn(-c3ccccc3)nc2-c2cc3ccccc3oc2=O)n1. The number of fused-ring (bicyclic) bond motifs is 1. The van der Waals surface area contributed by atoms with Gasteiger partial charge in [-0.25, -0.2) is 14.9 Å². The number of hydrogen-bond donors (Lipinski definition) is 1. The number of hydrogen-bond acceptors (Lipinski definition) is 6. The molecule has 1 N–H and O–H groups in total. The molecule has 3 aromatic heterocycles. The summed E-state index contributed by atoms with van der Waals surface area (Å²) in [6, 6.07) is 20.4. The van der Waals surface area contributed by atoms with Crippen LogP contribution in [0.2, 0.25) is 0 Å². The lowest BCUT2D eigenvalue weighted by Gasteiger charge is -2.03. The van der Waals surface area contributed by atoms with Gasteiger partial charge in [0, 0.05) is 22.8 Å². The minimum absolute atomic E-state index is 0.0431. The van der Waals surface area contributed by atoms with E-state index in [1.54, 1.807) is 27.7 Å². The molecule has 0 saturated carbocycles. The first kappa shape index (κ1) is 22.0. The summed E-state index contributed by atoms with van der Waals surface area (Å²) in [6.45, 7) is 3.80. The lowest BCUT2D eigenvalue weighted by Crippen LogP contribution is -2.24. The van der Waals surface area contributed by atoms with Crippen LogP contribution in [0.1, 0.15) is 17.0 Å². The van der Waals surface area contributed by atoms with E-state index in [1.807, 2.05) is 68.4 Å². The fourth-order valence-electron chi connectivity index (χ4n) is 3.81. The molecule has 0 bridgehead atoms. The van der Waals surface area contributed by atoms with Gasteiger partial charge in [-0.2, -0.15) is 15.3 Å². The summed E-state index contributed by atoms with van der Waals surface area (Å²) in [5, 5.41) is 13.8. The molecule has 0 saturated heterocycles. The Labute approximate surface area is 200 Å². The molecule has 3 heterocycles. The Morgan fingerprint density at radius 3 is 2.60 bits per heavy atom. The number of hydrazone groups is 1. The fraction of sp³-hybridized carbons (Fsp3) is 0.115. The van der Waals surface area contributed by atoms with Gasteiger partial charge in [-0.15, -0.1) is 0 Å². The Kier molecular flexibility index (Phi) is 5.80. The van der Waals surface area contributed by atoms with Crippen molar-refractivity contribution in [2.75, 3.05) is 0 Å². The molecule has 0 unspecified atom stereocenters. The van der Waals surface area contributed by atoms with E-state index in [0.29, 0.717) is 22.4 Å². The summed E-state index contributed by atoms with van der Waals surface area (Å²) < 4.78 is 8.78. The Balaban J connectivity index is 1.48. The van der Waals surface area contributed by atoms with Crippen molar-refractivity contribution in [1.82, 2.24) is 25.0 Å². The van der Waals surface area contributed by atoms with Gasteiger partial charge in [0.1, 0.15) is 17.8 Å². The second-order valence-corrected chi connectivity index (χ2v) is 8.08. The standard InChI is InChI=1S/C26H22N6O3/c1-17-12-18(2)31(29-17)16-24(33)28-27-14-20-15-32(21-9-4-3-5-10-21)30-25(20)22-13-19-8-6-7-11-23(19)35-26(22)34/h3-15H,16H2,1-2H3,(H,28,33)/b27-14-. The maximum atomic E-state index is 12.8. The Bertz CT molecular complexity index is 1610. The predicted octanol–water partition coefficient (Wildman–Crippen LogP) is 3.61. The molecule has 0 radical (unpaired) electrons. The number of aryl methyl sites for hydroxylation is 2. The van der Waals surface area contributed by atoms with Crippen LogP contribution in [0.25, 0.3) is 27.9 Å². The normalized spacial score (nSPS) is 11.4. The van der Waals surface area contributed by atoms with E-state index in [0.717, 1.165) is 22.5 Å². The summed E-state index contributed by atoms with van der Waals surface area (Å²) >= 11 is 0. The molecule has 5 rings (SSSR count). The Hall–Kier alpha value is -4.79. The lowest BCUT2D eigenvalue weighted by molar-refractivity contribution is -0.121. The van der Waals surface area contributed by atoms with Crippen LogP contribution in [0.3, 0.4) is 0 Å². The van der Waals surface area contributed by atoms with Gasteiger partial charge in [-0.05, 0) is 44.2 Å². The van der Waals surface area contributed by atoms with Crippen LogP contribution in [-0.2, 0) is 11.3 Å². The molecule has 0 aliphatic carbocycles. The molecule has 9 nitrogen and oxygen atoms in total. The number of para-hydroxylation sites is 2. The topological polar surface area (TPSA) is 107 Å². The van der Waals surface area contributed by atoms with E-state index in [1.165, 1.54) is 6.21 Å². The number of rotatable bonds is 6. The molecule has 0 fully saturated rings. The molecular formula is C26H22N6O3. The maximum absolute atomic E-state index is 12.8. The summed E-state index contributed by atoms with van der Waals surface area (Å²) in [6.07, 6.45) is 3.21. The first-order valence-corrected chi connectivity index (χ1v) is 11.0. The number of nitrogens with zero attached hydrogens (tertiary/aromatic N) is 5. The number of carbonyl (C=O) groups excluding carboxylic acids is 1. The van der Waals surface area contributed by atoms with E-state index in [9.17, 15) is 9.59 Å². The number of aromatic nitrogens is 4. The third-order valence-corrected chi connectivity index (χ3v) is 5.45. The average molecular weight is 467 g/mol. The van der Waals surface area contributed by atoms with Gasteiger partial charge in [0.15, 0.2) is 0 Å². The summed E-state index contributed by atoms with van der Waals surface area (Å²) in [5.74, 6) is -0.324. The van der Waals surface area contributed by atoms with Gasteiger partial charge < -0.3 is 4.42 Å².